The number of aromatic nitrogens is 5. The van der Waals surface area contributed by atoms with Crippen LogP contribution in [0.3, 0.4) is 0 Å². The van der Waals surface area contributed by atoms with Crippen molar-refractivity contribution in [2.24, 2.45) is 0 Å². The van der Waals surface area contributed by atoms with Gasteiger partial charge in [0.05, 0.1) is 11.8 Å². The van der Waals surface area contributed by atoms with Crippen LogP contribution < -0.4 is 0 Å². The van der Waals surface area contributed by atoms with Gasteiger partial charge in [-0.05, 0) is 42.3 Å². The third kappa shape index (κ3) is 6.50. The van der Waals surface area contributed by atoms with Gasteiger partial charge in [0.15, 0.2) is 11.0 Å². The first-order chi connectivity index (χ1) is 22.6. The second-order valence-electron chi connectivity index (χ2n) is 11.2. The zero-order valence-electron chi connectivity index (χ0n) is 25.4. The number of amides is 1. The van der Waals surface area contributed by atoms with E-state index < -0.39 is 0 Å². The Hall–Kier alpha value is -4.64. The minimum Gasteiger partial charge on any atom is -0.335 e. The molecule has 1 aliphatic heterocycles. The van der Waals surface area contributed by atoms with E-state index in [1.54, 1.807) is 24.2 Å². The Balaban J connectivity index is 1.03. The third-order valence-corrected chi connectivity index (χ3v) is 10.1. The Morgan fingerprint density at radius 2 is 1.54 bits per heavy atom. The van der Waals surface area contributed by atoms with Gasteiger partial charge in [-0.25, -0.2) is 4.98 Å². The number of thioether (sulfide) groups is 1. The molecule has 0 N–H and O–H groups in total. The molecule has 7 rings (SSSR count). The topological polar surface area (TPSA) is 80.0 Å². The summed E-state index contributed by atoms with van der Waals surface area (Å²) in [6.45, 7) is 4.98. The molecule has 0 atom stereocenters. The third-order valence-electron chi connectivity index (χ3n) is 8.14. The maximum Gasteiger partial charge on any atom is 0.273 e. The zero-order valence-corrected chi connectivity index (χ0v) is 27.1. The van der Waals surface area contributed by atoms with Crippen LogP contribution in [-0.4, -0.2) is 66.6 Å². The lowest BCUT2D eigenvalue weighted by Crippen LogP contribution is -2.50. The number of nitrogens with zero attached hydrogens (tertiary/aromatic N) is 7. The summed E-state index contributed by atoms with van der Waals surface area (Å²) in [5, 5.41) is 12.6. The van der Waals surface area contributed by atoms with Crippen molar-refractivity contribution >= 4 is 29.0 Å². The van der Waals surface area contributed by atoms with Gasteiger partial charge in [-0.15, -0.1) is 21.5 Å². The number of carbonyl (C=O) groups excluding carboxylic acids is 1. The molecule has 1 fully saturated rings. The molecule has 6 aromatic rings. The molecule has 10 heteroatoms. The van der Waals surface area contributed by atoms with Gasteiger partial charge in [0.25, 0.3) is 5.91 Å². The molecular formula is C36H33N7OS2. The Morgan fingerprint density at radius 3 is 2.20 bits per heavy atom. The van der Waals surface area contributed by atoms with Crippen LogP contribution in [0.25, 0.3) is 17.1 Å². The number of hydrogen-bond donors (Lipinski definition) is 0. The molecule has 0 aliphatic carbocycles. The van der Waals surface area contributed by atoms with E-state index in [-0.39, 0.29) is 11.9 Å². The largest absolute Gasteiger partial charge is 0.335 e. The Labute approximate surface area is 276 Å². The smallest absolute Gasteiger partial charge is 0.273 e. The molecule has 46 heavy (non-hydrogen) atoms. The highest BCUT2D eigenvalue weighted by Gasteiger charge is 2.29. The van der Waals surface area contributed by atoms with Crippen molar-refractivity contribution in [2.75, 3.05) is 26.2 Å². The molecule has 0 spiro atoms. The van der Waals surface area contributed by atoms with E-state index in [1.807, 2.05) is 22.4 Å². The van der Waals surface area contributed by atoms with E-state index in [9.17, 15) is 4.79 Å². The van der Waals surface area contributed by atoms with Crippen LogP contribution in [-0.2, 0) is 5.75 Å². The number of hydrogen-bond acceptors (Lipinski definition) is 8. The van der Waals surface area contributed by atoms with Crippen LogP contribution in [0.4, 0.5) is 0 Å². The van der Waals surface area contributed by atoms with Crippen molar-refractivity contribution in [3.63, 3.8) is 0 Å². The quantitative estimate of drug-likeness (QED) is 0.158. The molecular weight excluding hydrogens is 611 g/mol. The minimum absolute atomic E-state index is 0.00944. The number of thiazole rings is 1. The second-order valence-corrected chi connectivity index (χ2v) is 13.1. The SMILES string of the molecule is Cc1ccc(-n2c(SCc3nc(C(=O)N4CCN(C(c5ccccc5)c5ccccc5)CC4)cs3)nnc2-c2cccnc2)cc1. The fourth-order valence-electron chi connectivity index (χ4n) is 5.80. The minimum atomic E-state index is -0.00944. The highest BCUT2D eigenvalue weighted by Crippen LogP contribution is 2.32. The van der Waals surface area contributed by atoms with Gasteiger partial charge in [-0.2, -0.15) is 0 Å². The van der Waals surface area contributed by atoms with Gasteiger partial charge in [0.1, 0.15) is 10.7 Å². The van der Waals surface area contributed by atoms with Crippen LogP contribution in [0.2, 0.25) is 0 Å². The van der Waals surface area contributed by atoms with Crippen LogP contribution in [0.15, 0.2) is 120 Å². The predicted octanol–water partition coefficient (Wildman–Crippen LogP) is 6.93. The maximum atomic E-state index is 13.5. The predicted molar refractivity (Wildman–Crippen MR) is 183 cm³/mol. The molecule has 1 aliphatic rings. The van der Waals surface area contributed by atoms with Gasteiger partial charge in [-0.3, -0.25) is 19.2 Å². The summed E-state index contributed by atoms with van der Waals surface area (Å²) in [4.78, 5) is 27.0. The van der Waals surface area contributed by atoms with E-state index in [4.69, 9.17) is 4.98 Å². The first-order valence-corrected chi connectivity index (χ1v) is 17.1. The van der Waals surface area contributed by atoms with Gasteiger partial charge in [0, 0.05) is 55.2 Å². The summed E-state index contributed by atoms with van der Waals surface area (Å²) in [5.41, 5.74) is 6.09. The van der Waals surface area contributed by atoms with Crippen LogP contribution in [0, 0.1) is 6.92 Å². The van der Waals surface area contributed by atoms with Crippen molar-refractivity contribution in [2.45, 2.75) is 23.9 Å². The molecule has 8 nitrogen and oxygen atoms in total. The summed E-state index contributed by atoms with van der Waals surface area (Å²) in [5.74, 6) is 1.30. The standard InChI is InChI=1S/C36H33N7OS2/c1-26-14-16-30(17-15-26)43-34(29-13-8-18-37-23-29)39-40-36(43)46-25-32-38-31(24-45-32)35(44)42-21-19-41(20-22-42)33(27-9-4-2-5-10-27)28-11-6-3-7-12-28/h2-18,23-24,33H,19-22,25H2,1H3. The average Bonchev–Trinajstić information content (AvgIpc) is 3.77. The monoisotopic (exact) mass is 643 g/mol. The van der Waals surface area contributed by atoms with Gasteiger partial charge in [0.2, 0.25) is 0 Å². The number of carbonyl (C=O) groups is 1. The van der Waals surface area contributed by atoms with Crippen LogP contribution in [0.1, 0.15) is 38.2 Å². The Morgan fingerprint density at radius 1 is 0.848 bits per heavy atom. The zero-order chi connectivity index (χ0) is 31.3. The van der Waals surface area contributed by atoms with Gasteiger partial charge >= 0.3 is 0 Å². The molecule has 230 valence electrons. The van der Waals surface area contributed by atoms with E-state index in [0.29, 0.717) is 24.5 Å². The number of piperazine rings is 1. The first-order valence-electron chi connectivity index (χ1n) is 15.3. The fourth-order valence-corrected chi connectivity index (χ4v) is 7.54. The second kappa shape index (κ2) is 13.8. The number of benzene rings is 3. The van der Waals surface area contributed by atoms with Crippen molar-refractivity contribution in [1.29, 1.82) is 0 Å². The molecule has 1 saturated heterocycles. The molecule has 0 saturated carbocycles. The lowest BCUT2D eigenvalue weighted by atomic mass is 9.96. The van der Waals surface area contributed by atoms with Crippen LogP contribution in [0.5, 0.6) is 0 Å². The summed E-state index contributed by atoms with van der Waals surface area (Å²) in [6.07, 6.45) is 3.55. The maximum absolute atomic E-state index is 13.5. The molecule has 0 bridgehead atoms. The van der Waals surface area contributed by atoms with E-state index in [2.05, 4.69) is 117 Å². The van der Waals surface area contributed by atoms with Crippen molar-refractivity contribution in [3.05, 3.63) is 142 Å². The molecule has 0 radical (unpaired) electrons. The molecule has 3 aromatic heterocycles. The summed E-state index contributed by atoms with van der Waals surface area (Å²) in [6, 6.07) is 33.6. The Bertz CT molecular complexity index is 1850. The Kier molecular flexibility index (Phi) is 9.00. The highest BCUT2D eigenvalue weighted by atomic mass is 32.2. The molecule has 0 unspecified atom stereocenters. The first kappa shape index (κ1) is 30.0. The summed E-state index contributed by atoms with van der Waals surface area (Å²) in [7, 11) is 0. The number of pyridine rings is 1. The van der Waals surface area contributed by atoms with Crippen molar-refractivity contribution in [3.8, 4) is 17.1 Å². The number of aryl methyl sites for hydroxylation is 1. The average molecular weight is 644 g/mol. The molecule has 4 heterocycles. The normalized spacial score (nSPS) is 13.7. The van der Waals surface area contributed by atoms with Crippen molar-refractivity contribution < 1.29 is 4.79 Å². The highest BCUT2D eigenvalue weighted by molar-refractivity contribution is 7.98. The van der Waals surface area contributed by atoms with Gasteiger partial charge in [-0.1, -0.05) is 90.1 Å². The lowest BCUT2D eigenvalue weighted by molar-refractivity contribution is 0.0592. The molecule has 3 aromatic carbocycles. The molecule has 1 amide bonds. The van der Waals surface area contributed by atoms with E-state index in [1.165, 1.54) is 28.0 Å². The van der Waals surface area contributed by atoms with Crippen molar-refractivity contribution in [1.82, 2.24) is 34.5 Å². The van der Waals surface area contributed by atoms with Crippen LogP contribution >= 0.6 is 23.1 Å². The summed E-state index contributed by atoms with van der Waals surface area (Å²) < 4.78 is 2.05. The van der Waals surface area contributed by atoms with Gasteiger partial charge < -0.3 is 4.90 Å². The number of rotatable bonds is 9. The van der Waals surface area contributed by atoms with E-state index in [0.717, 1.165) is 40.3 Å². The summed E-state index contributed by atoms with van der Waals surface area (Å²) >= 11 is 3.07. The fraction of sp³-hybridized carbons (Fsp3) is 0.194. The lowest BCUT2D eigenvalue weighted by Gasteiger charge is -2.39. The van der Waals surface area contributed by atoms with E-state index >= 15 is 0 Å².